The number of pyridine rings is 1. The van der Waals surface area contributed by atoms with Gasteiger partial charge in [-0.25, -0.2) is 9.37 Å². The summed E-state index contributed by atoms with van der Waals surface area (Å²) in [4.78, 5) is 42.5. The second-order valence-electron chi connectivity index (χ2n) is 9.69. The van der Waals surface area contributed by atoms with Crippen molar-refractivity contribution >= 4 is 17.7 Å². The molecule has 1 N–H and O–H groups in total. The summed E-state index contributed by atoms with van der Waals surface area (Å²) in [6.45, 7) is 5.21. The van der Waals surface area contributed by atoms with Crippen molar-refractivity contribution in [2.75, 3.05) is 20.3 Å². The van der Waals surface area contributed by atoms with E-state index in [-0.39, 0.29) is 42.8 Å². The Balaban J connectivity index is 1.80. The van der Waals surface area contributed by atoms with Crippen LogP contribution >= 0.6 is 0 Å². The summed E-state index contributed by atoms with van der Waals surface area (Å²) in [5.74, 6) is -4.03. The number of cyclic esters (lactones) is 1. The molecule has 0 saturated carbocycles. The lowest BCUT2D eigenvalue weighted by Gasteiger charge is -2.34. The second kappa shape index (κ2) is 13.3. The first-order valence-electron chi connectivity index (χ1n) is 12.6. The van der Waals surface area contributed by atoms with Gasteiger partial charge < -0.3 is 24.1 Å². The monoisotopic (exact) mass is 531 g/mol. The molecule has 206 valence electrons. The Morgan fingerprint density at radius 2 is 1.92 bits per heavy atom. The van der Waals surface area contributed by atoms with Gasteiger partial charge in [0.15, 0.2) is 23.0 Å². The molecule has 9 nitrogen and oxygen atoms in total. The van der Waals surface area contributed by atoms with Crippen LogP contribution in [0, 0.1) is 23.6 Å². The van der Waals surface area contributed by atoms with Crippen molar-refractivity contribution in [3.05, 3.63) is 53.6 Å². The molecule has 0 amide bonds. The maximum absolute atomic E-state index is 13.4. The van der Waals surface area contributed by atoms with E-state index in [1.165, 1.54) is 31.5 Å². The zero-order valence-corrected chi connectivity index (χ0v) is 22.0. The highest BCUT2D eigenvalue weighted by molar-refractivity contribution is 5.99. The van der Waals surface area contributed by atoms with Crippen molar-refractivity contribution in [2.24, 2.45) is 17.8 Å². The van der Waals surface area contributed by atoms with Gasteiger partial charge >= 0.3 is 11.9 Å². The lowest BCUT2D eigenvalue weighted by Crippen LogP contribution is -2.43. The number of ether oxygens (including phenoxy) is 4. The van der Waals surface area contributed by atoms with Crippen molar-refractivity contribution in [3.63, 3.8) is 0 Å². The predicted octanol–water partition coefficient (Wildman–Crippen LogP) is 3.90. The lowest BCUT2D eigenvalue weighted by molar-refractivity contribution is -0.179. The van der Waals surface area contributed by atoms with Crippen LogP contribution in [-0.2, 0) is 30.2 Å². The summed E-state index contributed by atoms with van der Waals surface area (Å²) in [5, 5.41) is 10.3. The molecule has 0 aliphatic carbocycles. The van der Waals surface area contributed by atoms with Crippen LogP contribution in [0.2, 0.25) is 0 Å². The van der Waals surface area contributed by atoms with Crippen LogP contribution in [0.25, 0.3) is 0 Å². The summed E-state index contributed by atoms with van der Waals surface area (Å²) >= 11 is 0. The largest absolute Gasteiger partial charge is 0.503 e. The number of benzene rings is 1. The van der Waals surface area contributed by atoms with Crippen LogP contribution in [0.4, 0.5) is 4.39 Å². The highest BCUT2D eigenvalue weighted by Crippen LogP contribution is 2.30. The fourth-order valence-corrected chi connectivity index (χ4v) is 4.29. The number of rotatable bonds is 8. The molecular formula is C28H34FNO8. The van der Waals surface area contributed by atoms with Gasteiger partial charge in [0.05, 0.1) is 25.6 Å². The van der Waals surface area contributed by atoms with Crippen LogP contribution in [0.5, 0.6) is 11.5 Å². The number of carbonyl (C=O) groups excluding carboxylic acids is 3. The fourth-order valence-electron chi connectivity index (χ4n) is 4.29. The summed E-state index contributed by atoms with van der Waals surface area (Å²) in [6, 6.07) is 7.46. The van der Waals surface area contributed by atoms with Gasteiger partial charge in [-0.2, -0.15) is 0 Å². The number of esters is 2. The highest BCUT2D eigenvalue weighted by Gasteiger charge is 2.37. The molecule has 1 aromatic heterocycles. The molecule has 1 saturated heterocycles. The SMILES string of the molecule is COc1ccnc(C(=O)C[C@H]2COCC[C@H](Cc3ccc(F)cc3)[C@@H](OC(=O)C(C)C)[C@H](C)OC2=O)c1O. The third-order valence-corrected chi connectivity index (χ3v) is 6.45. The third kappa shape index (κ3) is 7.50. The van der Waals surface area contributed by atoms with Gasteiger partial charge in [0.25, 0.3) is 0 Å². The topological polar surface area (TPSA) is 121 Å². The number of methoxy groups -OCH3 is 1. The zero-order chi connectivity index (χ0) is 27.8. The summed E-state index contributed by atoms with van der Waals surface area (Å²) in [6.07, 6.45) is 0.314. The van der Waals surface area contributed by atoms with E-state index in [1.54, 1.807) is 32.9 Å². The standard InChI is InChI=1S/C28H34FNO8/c1-16(2)27(33)38-26-17(3)37-28(34)20(14-22(31)24-25(32)23(35-4)9-11-30-24)15-36-12-10-19(26)13-18-5-7-21(29)8-6-18/h5-9,11,16-17,19-20,26,32H,10,12-15H2,1-4H3/t17-,19+,20-,26-/m0/s1. The van der Waals surface area contributed by atoms with Gasteiger partial charge in [-0.1, -0.05) is 26.0 Å². The third-order valence-electron chi connectivity index (χ3n) is 6.45. The highest BCUT2D eigenvalue weighted by atomic mass is 19.1. The van der Waals surface area contributed by atoms with Gasteiger partial charge in [0, 0.05) is 31.2 Å². The minimum absolute atomic E-state index is 0.0816. The van der Waals surface area contributed by atoms with Crippen LogP contribution in [0.1, 0.15) is 49.7 Å². The summed E-state index contributed by atoms with van der Waals surface area (Å²) < 4.78 is 35.7. The molecule has 1 fully saturated rings. The quantitative estimate of drug-likeness (QED) is 0.399. The van der Waals surface area contributed by atoms with Crippen LogP contribution in [-0.4, -0.2) is 60.3 Å². The number of ketones is 1. The number of hydrogen-bond acceptors (Lipinski definition) is 9. The Morgan fingerprint density at radius 1 is 1.21 bits per heavy atom. The smallest absolute Gasteiger partial charge is 0.312 e. The van der Waals surface area contributed by atoms with E-state index in [1.807, 2.05) is 0 Å². The van der Waals surface area contributed by atoms with Crippen molar-refractivity contribution in [3.8, 4) is 11.5 Å². The fraction of sp³-hybridized carbons (Fsp3) is 0.500. The molecule has 1 aliphatic heterocycles. The molecule has 2 aromatic rings. The number of Topliss-reactive ketones (excluding diaryl/α,β-unsaturated/α-hetero) is 1. The van der Waals surface area contributed by atoms with Crippen molar-refractivity contribution in [2.45, 2.75) is 52.2 Å². The predicted molar refractivity (Wildman–Crippen MR) is 134 cm³/mol. The number of aromatic hydroxyl groups is 1. The number of aromatic nitrogens is 1. The lowest BCUT2D eigenvalue weighted by atomic mass is 9.88. The van der Waals surface area contributed by atoms with Gasteiger partial charge in [-0.15, -0.1) is 0 Å². The Hall–Kier alpha value is -3.53. The average molecular weight is 532 g/mol. The first-order chi connectivity index (χ1) is 18.1. The van der Waals surface area contributed by atoms with Crippen LogP contribution in [0.3, 0.4) is 0 Å². The minimum Gasteiger partial charge on any atom is -0.503 e. The molecule has 0 radical (unpaired) electrons. The van der Waals surface area contributed by atoms with Crippen molar-refractivity contribution < 1.29 is 42.8 Å². The Bertz CT molecular complexity index is 1120. The molecule has 2 heterocycles. The van der Waals surface area contributed by atoms with E-state index >= 15 is 0 Å². The zero-order valence-electron chi connectivity index (χ0n) is 22.0. The molecule has 1 aromatic carbocycles. The van der Waals surface area contributed by atoms with E-state index in [9.17, 15) is 23.9 Å². The maximum Gasteiger partial charge on any atom is 0.312 e. The summed E-state index contributed by atoms with van der Waals surface area (Å²) in [5.41, 5.74) is 0.622. The van der Waals surface area contributed by atoms with E-state index in [0.29, 0.717) is 12.8 Å². The average Bonchev–Trinajstić information content (AvgIpc) is 2.88. The molecule has 3 rings (SSSR count). The van der Waals surface area contributed by atoms with E-state index in [4.69, 9.17) is 18.9 Å². The minimum atomic E-state index is -0.965. The second-order valence-corrected chi connectivity index (χ2v) is 9.69. The Morgan fingerprint density at radius 3 is 2.58 bits per heavy atom. The van der Waals surface area contributed by atoms with Gasteiger partial charge in [-0.05, 0) is 37.5 Å². The van der Waals surface area contributed by atoms with Crippen LogP contribution < -0.4 is 4.74 Å². The Kier molecular flexibility index (Phi) is 10.2. The molecule has 4 atom stereocenters. The van der Waals surface area contributed by atoms with E-state index < -0.39 is 47.5 Å². The number of halogens is 1. The molecule has 10 heteroatoms. The molecular weight excluding hydrogens is 497 g/mol. The van der Waals surface area contributed by atoms with Gasteiger partial charge in [0.1, 0.15) is 18.0 Å². The van der Waals surface area contributed by atoms with Gasteiger partial charge in [0.2, 0.25) is 0 Å². The first kappa shape index (κ1) is 29.0. The molecule has 0 spiro atoms. The number of nitrogens with zero attached hydrogens (tertiary/aromatic N) is 1. The first-order valence-corrected chi connectivity index (χ1v) is 12.6. The Labute approximate surface area is 221 Å². The van der Waals surface area contributed by atoms with Crippen LogP contribution in [0.15, 0.2) is 36.5 Å². The van der Waals surface area contributed by atoms with Crippen molar-refractivity contribution in [1.82, 2.24) is 4.98 Å². The van der Waals surface area contributed by atoms with E-state index in [0.717, 1.165) is 5.56 Å². The summed E-state index contributed by atoms with van der Waals surface area (Å²) in [7, 11) is 1.35. The molecule has 0 unspecified atom stereocenters. The molecule has 38 heavy (non-hydrogen) atoms. The van der Waals surface area contributed by atoms with Crippen molar-refractivity contribution in [1.29, 1.82) is 0 Å². The maximum atomic E-state index is 13.4. The molecule has 0 bridgehead atoms. The number of carbonyl (C=O) groups is 3. The number of hydrogen-bond donors (Lipinski definition) is 1. The van der Waals surface area contributed by atoms with E-state index in [2.05, 4.69) is 4.98 Å². The van der Waals surface area contributed by atoms with Gasteiger partial charge in [-0.3, -0.25) is 14.4 Å². The molecule has 1 aliphatic rings. The normalized spacial score (nSPS) is 22.4.